The average molecular weight is 318 g/mol. The first-order valence-corrected chi connectivity index (χ1v) is 8.58. The molecule has 0 amide bonds. The maximum Gasteiger partial charge on any atom is 0.166 e. The molecule has 0 radical (unpaired) electrons. The molecule has 0 aliphatic carbocycles. The first kappa shape index (κ1) is 16.7. The molecule has 0 bridgehead atoms. The van der Waals surface area contributed by atoms with Crippen LogP contribution < -0.4 is 10.6 Å². The second-order valence-corrected chi connectivity index (χ2v) is 6.09. The van der Waals surface area contributed by atoms with Crippen molar-refractivity contribution in [3.8, 4) is 0 Å². The lowest BCUT2D eigenvalue weighted by atomic mass is 9.99. The van der Waals surface area contributed by atoms with Gasteiger partial charge in [0.1, 0.15) is 5.65 Å². The largest absolute Gasteiger partial charge is 0.362 e. The normalized spacial score (nSPS) is 12.3. The topological polar surface area (TPSA) is 41.4 Å². The van der Waals surface area contributed by atoms with Gasteiger partial charge in [-0.2, -0.15) is 0 Å². The predicted octanol–water partition coefficient (Wildman–Crippen LogP) is 3.51. The Bertz CT molecular complexity index is 560. The molecular weight excluding hydrogens is 292 g/mol. The Morgan fingerprint density at radius 1 is 1.32 bits per heavy atom. The Labute approximate surface area is 138 Å². The third-order valence-electron chi connectivity index (χ3n) is 3.94. The van der Waals surface area contributed by atoms with Crippen molar-refractivity contribution in [2.75, 3.05) is 6.54 Å². The lowest BCUT2D eigenvalue weighted by molar-refractivity contribution is 0.445. The number of nitrogens with one attached hydrogen (secondary N) is 2. The van der Waals surface area contributed by atoms with E-state index in [0.717, 1.165) is 17.9 Å². The van der Waals surface area contributed by atoms with Crippen molar-refractivity contribution in [3.63, 3.8) is 0 Å². The average Bonchev–Trinajstić information content (AvgIpc) is 2.96. The first-order valence-electron chi connectivity index (χ1n) is 8.17. The van der Waals surface area contributed by atoms with E-state index in [1.807, 2.05) is 35.0 Å². The fourth-order valence-corrected chi connectivity index (χ4v) is 2.64. The van der Waals surface area contributed by atoms with Gasteiger partial charge in [0.25, 0.3) is 0 Å². The molecule has 4 nitrogen and oxygen atoms in total. The number of hydrogen-bond donors (Lipinski definition) is 2. The van der Waals surface area contributed by atoms with E-state index >= 15 is 0 Å². The van der Waals surface area contributed by atoms with E-state index in [1.165, 1.54) is 25.7 Å². The molecule has 0 fully saturated rings. The lowest BCUT2D eigenvalue weighted by Gasteiger charge is -2.17. The Balaban J connectivity index is 1.75. The standard InChI is InChI=1S/C17H26N4S/c1-3-5-8-14(4-2)11-18-17(22)19-12-15-13-21-10-7-6-9-16(21)20-15/h6-7,9-10,13-14H,3-5,8,11-12H2,1-2H3,(H2,18,19,22)/t14-/m1/s1. The second kappa shape index (κ2) is 8.73. The van der Waals surface area contributed by atoms with E-state index in [-0.39, 0.29) is 0 Å². The van der Waals surface area contributed by atoms with Crippen LogP contribution >= 0.6 is 12.2 Å². The Morgan fingerprint density at radius 2 is 2.18 bits per heavy atom. The van der Waals surface area contributed by atoms with Crippen LogP contribution in [0.5, 0.6) is 0 Å². The molecule has 2 heterocycles. The fourth-order valence-electron chi connectivity index (χ4n) is 2.49. The van der Waals surface area contributed by atoms with Gasteiger partial charge in [0.15, 0.2) is 5.11 Å². The monoisotopic (exact) mass is 318 g/mol. The molecule has 1 atom stereocenters. The van der Waals surface area contributed by atoms with Gasteiger partial charge in [0.05, 0.1) is 12.2 Å². The summed E-state index contributed by atoms with van der Waals surface area (Å²) in [4.78, 5) is 4.55. The number of fused-ring (bicyclic) bond motifs is 1. The molecule has 0 aliphatic rings. The van der Waals surface area contributed by atoms with Crippen LogP contribution in [0.3, 0.4) is 0 Å². The molecule has 2 aromatic heterocycles. The molecule has 0 aliphatic heterocycles. The van der Waals surface area contributed by atoms with Crippen LogP contribution in [-0.4, -0.2) is 21.0 Å². The third-order valence-corrected chi connectivity index (χ3v) is 4.23. The Morgan fingerprint density at radius 3 is 2.91 bits per heavy atom. The van der Waals surface area contributed by atoms with Crippen molar-refractivity contribution in [3.05, 3.63) is 36.3 Å². The molecule has 0 saturated carbocycles. The third kappa shape index (κ3) is 4.98. The molecule has 0 unspecified atom stereocenters. The molecule has 2 rings (SSSR count). The van der Waals surface area contributed by atoms with Crippen LogP contribution in [0, 0.1) is 5.92 Å². The van der Waals surface area contributed by atoms with Gasteiger partial charge >= 0.3 is 0 Å². The van der Waals surface area contributed by atoms with Crippen molar-refractivity contribution >= 4 is 23.0 Å². The zero-order valence-corrected chi connectivity index (χ0v) is 14.3. The first-order chi connectivity index (χ1) is 10.7. The summed E-state index contributed by atoms with van der Waals surface area (Å²) < 4.78 is 2.02. The van der Waals surface area contributed by atoms with Crippen molar-refractivity contribution in [1.82, 2.24) is 20.0 Å². The maximum atomic E-state index is 5.36. The summed E-state index contributed by atoms with van der Waals surface area (Å²) in [5.41, 5.74) is 1.96. The van der Waals surface area contributed by atoms with Gasteiger partial charge in [-0.15, -0.1) is 0 Å². The van der Waals surface area contributed by atoms with Crippen molar-refractivity contribution in [1.29, 1.82) is 0 Å². The second-order valence-electron chi connectivity index (χ2n) is 5.68. The zero-order valence-electron chi connectivity index (χ0n) is 13.5. The van der Waals surface area contributed by atoms with Gasteiger partial charge in [-0.3, -0.25) is 0 Å². The van der Waals surface area contributed by atoms with Crippen LogP contribution in [0.15, 0.2) is 30.6 Å². The van der Waals surface area contributed by atoms with Crippen LogP contribution in [-0.2, 0) is 6.54 Å². The molecule has 120 valence electrons. The summed E-state index contributed by atoms with van der Waals surface area (Å²) >= 11 is 5.36. The number of hydrogen-bond acceptors (Lipinski definition) is 2. The Hall–Kier alpha value is -1.62. The van der Waals surface area contributed by atoms with E-state index in [4.69, 9.17) is 12.2 Å². The minimum absolute atomic E-state index is 0.652. The molecule has 0 saturated heterocycles. The van der Waals surface area contributed by atoms with Crippen LogP contribution in [0.25, 0.3) is 5.65 Å². The predicted molar refractivity (Wildman–Crippen MR) is 95.9 cm³/mol. The number of nitrogens with zero attached hydrogens (tertiary/aromatic N) is 2. The minimum atomic E-state index is 0.652. The molecule has 2 aromatic rings. The van der Waals surface area contributed by atoms with Gasteiger partial charge in [-0.1, -0.05) is 39.2 Å². The smallest absolute Gasteiger partial charge is 0.166 e. The van der Waals surface area contributed by atoms with Crippen LogP contribution in [0.2, 0.25) is 0 Å². The molecule has 0 spiro atoms. The highest BCUT2D eigenvalue weighted by Gasteiger charge is 2.07. The van der Waals surface area contributed by atoms with E-state index in [1.54, 1.807) is 0 Å². The summed E-state index contributed by atoms with van der Waals surface area (Å²) in [6, 6.07) is 5.99. The molecule has 22 heavy (non-hydrogen) atoms. The quantitative estimate of drug-likeness (QED) is 0.731. The molecule has 2 N–H and O–H groups in total. The Kier molecular flexibility index (Phi) is 6.65. The van der Waals surface area contributed by atoms with E-state index < -0.39 is 0 Å². The lowest BCUT2D eigenvalue weighted by Crippen LogP contribution is -2.37. The summed E-state index contributed by atoms with van der Waals surface area (Å²) in [5.74, 6) is 0.704. The van der Waals surface area contributed by atoms with Gasteiger partial charge < -0.3 is 15.0 Å². The van der Waals surface area contributed by atoms with E-state index in [9.17, 15) is 0 Å². The van der Waals surface area contributed by atoms with E-state index in [2.05, 4.69) is 29.5 Å². The summed E-state index contributed by atoms with van der Waals surface area (Å²) in [6.45, 7) is 6.09. The number of unbranched alkanes of at least 4 members (excludes halogenated alkanes) is 1. The highest BCUT2D eigenvalue weighted by Crippen LogP contribution is 2.11. The summed E-state index contributed by atoms with van der Waals surface area (Å²) in [7, 11) is 0. The van der Waals surface area contributed by atoms with Gasteiger partial charge in [0.2, 0.25) is 0 Å². The highest BCUT2D eigenvalue weighted by atomic mass is 32.1. The van der Waals surface area contributed by atoms with Gasteiger partial charge in [0, 0.05) is 18.9 Å². The molecular formula is C17H26N4S. The van der Waals surface area contributed by atoms with Gasteiger partial charge in [-0.25, -0.2) is 4.98 Å². The highest BCUT2D eigenvalue weighted by molar-refractivity contribution is 7.80. The fraction of sp³-hybridized carbons (Fsp3) is 0.529. The summed E-state index contributed by atoms with van der Waals surface area (Å²) in [5, 5.41) is 7.29. The number of pyridine rings is 1. The van der Waals surface area contributed by atoms with E-state index in [0.29, 0.717) is 17.6 Å². The SMILES string of the molecule is CCCC[C@@H](CC)CNC(=S)NCc1cn2ccccc2n1. The van der Waals surface area contributed by atoms with Crippen molar-refractivity contribution < 1.29 is 0 Å². The number of aromatic nitrogens is 2. The summed E-state index contributed by atoms with van der Waals surface area (Å²) in [6.07, 6.45) is 9.05. The molecule has 5 heteroatoms. The minimum Gasteiger partial charge on any atom is -0.362 e. The number of thiocarbonyl (C=S) groups is 1. The number of rotatable bonds is 8. The van der Waals surface area contributed by atoms with Crippen molar-refractivity contribution in [2.45, 2.75) is 46.1 Å². The number of imidazole rings is 1. The van der Waals surface area contributed by atoms with Gasteiger partial charge in [-0.05, 0) is 36.7 Å². The van der Waals surface area contributed by atoms with Crippen LogP contribution in [0.1, 0.15) is 45.2 Å². The molecule has 0 aromatic carbocycles. The van der Waals surface area contributed by atoms with Crippen molar-refractivity contribution in [2.24, 2.45) is 5.92 Å². The van der Waals surface area contributed by atoms with Crippen LogP contribution in [0.4, 0.5) is 0 Å². The zero-order chi connectivity index (χ0) is 15.8. The maximum absolute atomic E-state index is 5.36.